The third-order valence-electron chi connectivity index (χ3n) is 6.23. The average Bonchev–Trinajstić information content (AvgIpc) is 3.49. The number of aryl methyl sites for hydroxylation is 2. The number of carbonyl (C=O) groups excluding carboxylic acids is 1. The van der Waals surface area contributed by atoms with Crippen LogP contribution in [0, 0.1) is 0 Å². The standard InChI is InChI=1S/C24H28N6O2/c31-24(23-18-30(27-26-23)17-19-3-2-8-25-16-19)29-11-9-28(10-12-29)13-14-32-22-7-6-20-4-1-5-21(20)15-22/h2-3,6-8,15-16,18H,1,4-5,9-14,17H2. The highest BCUT2D eigenvalue weighted by Crippen LogP contribution is 2.26. The number of carbonyl (C=O) groups is 1. The molecular formula is C24H28N6O2. The Morgan fingerprint density at radius 2 is 1.94 bits per heavy atom. The minimum absolute atomic E-state index is 0.0588. The van der Waals surface area contributed by atoms with E-state index >= 15 is 0 Å². The summed E-state index contributed by atoms with van der Waals surface area (Å²) < 4.78 is 7.66. The first-order valence-corrected chi connectivity index (χ1v) is 11.3. The van der Waals surface area contributed by atoms with Crippen LogP contribution in [0.3, 0.4) is 0 Å². The molecule has 166 valence electrons. The van der Waals surface area contributed by atoms with E-state index in [0.29, 0.717) is 31.9 Å². The number of rotatable bonds is 7. The fourth-order valence-corrected chi connectivity index (χ4v) is 4.42. The Morgan fingerprint density at radius 1 is 1.06 bits per heavy atom. The minimum atomic E-state index is -0.0588. The number of pyridine rings is 1. The van der Waals surface area contributed by atoms with Gasteiger partial charge in [0.25, 0.3) is 5.91 Å². The van der Waals surface area contributed by atoms with Crippen LogP contribution in [0.2, 0.25) is 0 Å². The Kier molecular flexibility index (Phi) is 6.11. The topological polar surface area (TPSA) is 76.4 Å². The van der Waals surface area contributed by atoms with Crippen LogP contribution >= 0.6 is 0 Å². The molecule has 1 aliphatic carbocycles. The summed E-state index contributed by atoms with van der Waals surface area (Å²) >= 11 is 0. The zero-order chi connectivity index (χ0) is 21.8. The number of hydrogen-bond acceptors (Lipinski definition) is 6. The van der Waals surface area contributed by atoms with E-state index in [9.17, 15) is 4.79 Å². The number of nitrogens with zero attached hydrogens (tertiary/aromatic N) is 6. The molecular weight excluding hydrogens is 404 g/mol. The van der Waals surface area contributed by atoms with E-state index < -0.39 is 0 Å². The molecule has 3 heterocycles. The van der Waals surface area contributed by atoms with Crippen molar-refractivity contribution in [3.63, 3.8) is 0 Å². The summed E-state index contributed by atoms with van der Waals surface area (Å²) in [6.45, 7) is 5.12. The maximum atomic E-state index is 12.8. The molecule has 8 heteroatoms. The highest BCUT2D eigenvalue weighted by atomic mass is 16.5. The predicted molar refractivity (Wildman–Crippen MR) is 120 cm³/mol. The fourth-order valence-electron chi connectivity index (χ4n) is 4.42. The van der Waals surface area contributed by atoms with Gasteiger partial charge in [-0.05, 0) is 54.2 Å². The molecule has 0 unspecified atom stereocenters. The molecule has 0 N–H and O–H groups in total. The smallest absolute Gasteiger partial charge is 0.276 e. The van der Waals surface area contributed by atoms with E-state index in [1.54, 1.807) is 23.3 Å². The lowest BCUT2D eigenvalue weighted by molar-refractivity contribution is 0.0614. The number of piperazine rings is 1. The summed E-state index contributed by atoms with van der Waals surface area (Å²) in [7, 11) is 0. The summed E-state index contributed by atoms with van der Waals surface area (Å²) in [5.74, 6) is 0.908. The van der Waals surface area contributed by atoms with Crippen molar-refractivity contribution in [2.24, 2.45) is 0 Å². The molecule has 0 bridgehead atoms. The van der Waals surface area contributed by atoms with Crippen LogP contribution < -0.4 is 4.74 Å². The summed E-state index contributed by atoms with van der Waals surface area (Å²) in [6, 6.07) is 10.3. The van der Waals surface area contributed by atoms with E-state index in [0.717, 1.165) is 30.9 Å². The van der Waals surface area contributed by atoms with Gasteiger partial charge in [0.05, 0.1) is 12.7 Å². The lowest BCUT2D eigenvalue weighted by atomic mass is 10.1. The molecule has 1 aliphatic heterocycles. The third kappa shape index (κ3) is 4.80. The van der Waals surface area contributed by atoms with E-state index in [1.807, 2.05) is 17.0 Å². The zero-order valence-corrected chi connectivity index (χ0v) is 18.2. The first-order valence-electron chi connectivity index (χ1n) is 11.3. The van der Waals surface area contributed by atoms with Crippen LogP contribution in [0.4, 0.5) is 0 Å². The molecule has 5 rings (SSSR count). The Labute approximate surface area is 187 Å². The van der Waals surface area contributed by atoms with Crippen molar-refractivity contribution in [3.8, 4) is 5.75 Å². The van der Waals surface area contributed by atoms with Gasteiger partial charge in [0.2, 0.25) is 0 Å². The number of amides is 1. The van der Waals surface area contributed by atoms with Crippen LogP contribution in [-0.2, 0) is 19.4 Å². The Hall–Kier alpha value is -3.26. The largest absolute Gasteiger partial charge is 0.492 e. The van der Waals surface area contributed by atoms with Gasteiger partial charge in [-0.25, -0.2) is 4.68 Å². The van der Waals surface area contributed by atoms with Gasteiger partial charge in [-0.2, -0.15) is 0 Å². The second-order valence-electron chi connectivity index (χ2n) is 8.43. The van der Waals surface area contributed by atoms with E-state index in [1.165, 1.54) is 30.4 Å². The SMILES string of the molecule is O=C(c1cn(Cc2cccnc2)nn1)N1CCN(CCOc2ccc3c(c2)CCC3)CC1. The van der Waals surface area contributed by atoms with Crippen molar-refractivity contribution in [3.05, 3.63) is 71.3 Å². The molecule has 2 aliphatic rings. The highest BCUT2D eigenvalue weighted by Gasteiger charge is 2.24. The fraction of sp³-hybridized carbons (Fsp3) is 0.417. The second kappa shape index (κ2) is 9.48. The molecule has 1 aromatic carbocycles. The maximum Gasteiger partial charge on any atom is 0.276 e. The van der Waals surface area contributed by atoms with E-state index in [-0.39, 0.29) is 5.91 Å². The Balaban J connectivity index is 1.07. The van der Waals surface area contributed by atoms with Crippen LogP contribution in [0.15, 0.2) is 48.9 Å². The quantitative estimate of drug-likeness (QED) is 0.569. The van der Waals surface area contributed by atoms with Crippen LogP contribution in [0.1, 0.15) is 33.6 Å². The maximum absolute atomic E-state index is 12.8. The van der Waals surface area contributed by atoms with Crippen molar-refractivity contribution in [2.45, 2.75) is 25.8 Å². The zero-order valence-electron chi connectivity index (χ0n) is 18.2. The van der Waals surface area contributed by atoms with Gasteiger partial charge in [0.1, 0.15) is 12.4 Å². The lowest BCUT2D eigenvalue weighted by Crippen LogP contribution is -2.49. The van der Waals surface area contributed by atoms with Crippen molar-refractivity contribution in [2.75, 3.05) is 39.3 Å². The van der Waals surface area contributed by atoms with Gasteiger partial charge in [0, 0.05) is 45.1 Å². The molecule has 0 spiro atoms. The summed E-state index contributed by atoms with van der Waals surface area (Å²) in [5, 5.41) is 8.18. The molecule has 2 aromatic heterocycles. The van der Waals surface area contributed by atoms with Gasteiger partial charge in [0.15, 0.2) is 5.69 Å². The third-order valence-corrected chi connectivity index (χ3v) is 6.23. The van der Waals surface area contributed by atoms with Gasteiger partial charge >= 0.3 is 0 Å². The van der Waals surface area contributed by atoms with Crippen LogP contribution in [-0.4, -0.2) is 75.0 Å². The number of hydrogen-bond donors (Lipinski definition) is 0. The summed E-state index contributed by atoms with van der Waals surface area (Å²) in [5.41, 5.74) is 4.32. The van der Waals surface area contributed by atoms with Crippen molar-refractivity contribution in [1.29, 1.82) is 0 Å². The van der Waals surface area contributed by atoms with Gasteiger partial charge in [-0.1, -0.05) is 17.3 Å². The van der Waals surface area contributed by atoms with Gasteiger partial charge in [-0.15, -0.1) is 5.10 Å². The minimum Gasteiger partial charge on any atom is -0.492 e. The van der Waals surface area contributed by atoms with Crippen molar-refractivity contribution in [1.82, 2.24) is 29.8 Å². The molecule has 1 saturated heterocycles. The molecule has 1 fully saturated rings. The summed E-state index contributed by atoms with van der Waals surface area (Å²) in [4.78, 5) is 21.1. The van der Waals surface area contributed by atoms with Gasteiger partial charge in [-0.3, -0.25) is 14.7 Å². The monoisotopic (exact) mass is 432 g/mol. The normalized spacial score (nSPS) is 16.2. The number of aromatic nitrogens is 4. The van der Waals surface area contributed by atoms with Crippen LogP contribution in [0.25, 0.3) is 0 Å². The molecule has 1 amide bonds. The first-order chi connectivity index (χ1) is 15.7. The molecule has 0 saturated carbocycles. The number of fused-ring (bicyclic) bond motifs is 1. The van der Waals surface area contributed by atoms with E-state index in [2.05, 4.69) is 38.4 Å². The molecule has 0 radical (unpaired) electrons. The van der Waals surface area contributed by atoms with Crippen molar-refractivity contribution >= 4 is 5.91 Å². The van der Waals surface area contributed by atoms with E-state index in [4.69, 9.17) is 4.74 Å². The molecule has 0 atom stereocenters. The number of ether oxygens (including phenoxy) is 1. The van der Waals surface area contributed by atoms with Crippen molar-refractivity contribution < 1.29 is 9.53 Å². The van der Waals surface area contributed by atoms with Crippen LogP contribution in [0.5, 0.6) is 5.75 Å². The average molecular weight is 433 g/mol. The summed E-state index contributed by atoms with van der Waals surface area (Å²) in [6.07, 6.45) is 8.85. The number of benzene rings is 1. The lowest BCUT2D eigenvalue weighted by Gasteiger charge is -2.34. The Bertz CT molecular complexity index is 1060. The second-order valence-corrected chi connectivity index (χ2v) is 8.43. The molecule has 3 aromatic rings. The Morgan fingerprint density at radius 3 is 2.78 bits per heavy atom. The van der Waals surface area contributed by atoms with Gasteiger partial charge < -0.3 is 9.64 Å². The highest BCUT2D eigenvalue weighted by molar-refractivity contribution is 5.92. The molecule has 8 nitrogen and oxygen atoms in total. The predicted octanol–water partition coefficient (Wildman–Crippen LogP) is 2.05. The first kappa shape index (κ1) is 20.6. The molecule has 32 heavy (non-hydrogen) atoms.